The minimum Gasteiger partial charge on any atom is -0.312 e. The topological polar surface area (TPSA) is 46.2 Å². The molecule has 2 unspecified atom stereocenters. The van der Waals surface area contributed by atoms with Crippen LogP contribution in [0.1, 0.15) is 18.5 Å². The van der Waals surface area contributed by atoms with Crippen LogP contribution in [0.15, 0.2) is 24.3 Å². The summed E-state index contributed by atoms with van der Waals surface area (Å²) in [6, 6.07) is 5.52. The van der Waals surface area contributed by atoms with E-state index in [0.717, 1.165) is 5.56 Å². The van der Waals surface area contributed by atoms with Crippen molar-refractivity contribution in [3.63, 3.8) is 0 Å². The average molecular weight is 245 g/mol. The van der Waals surface area contributed by atoms with Crippen LogP contribution >= 0.6 is 0 Å². The second-order valence-corrected chi connectivity index (χ2v) is 6.26. The number of rotatable bonds is 4. The van der Waals surface area contributed by atoms with E-state index in [1.165, 1.54) is 18.4 Å². The van der Waals surface area contributed by atoms with Gasteiger partial charge < -0.3 is 5.32 Å². The van der Waals surface area contributed by atoms with Crippen LogP contribution in [0.4, 0.5) is 4.39 Å². The fraction of sp³-hybridized carbons (Fsp3) is 0.455. The summed E-state index contributed by atoms with van der Waals surface area (Å²) in [5, 5.41) is 2.39. The van der Waals surface area contributed by atoms with Gasteiger partial charge in [-0.05, 0) is 31.7 Å². The first-order chi connectivity index (χ1) is 7.36. The van der Waals surface area contributed by atoms with Gasteiger partial charge >= 0.3 is 0 Å². The third-order valence-corrected chi connectivity index (χ3v) is 4.31. The SMILES string of the molecule is CNC(c1ccc(F)cc1)C(C)S(C)(=O)=O. The largest absolute Gasteiger partial charge is 0.312 e. The molecule has 90 valence electrons. The lowest BCUT2D eigenvalue weighted by Gasteiger charge is -2.22. The van der Waals surface area contributed by atoms with Gasteiger partial charge in [0.25, 0.3) is 0 Å². The molecule has 5 heteroatoms. The van der Waals surface area contributed by atoms with Crippen LogP contribution in [-0.2, 0) is 9.84 Å². The number of hydrogen-bond acceptors (Lipinski definition) is 3. The number of nitrogens with one attached hydrogen (secondary N) is 1. The van der Waals surface area contributed by atoms with E-state index in [9.17, 15) is 12.8 Å². The summed E-state index contributed by atoms with van der Waals surface area (Å²) in [7, 11) is -1.44. The minimum atomic E-state index is -3.13. The van der Waals surface area contributed by atoms with Crippen molar-refractivity contribution in [2.24, 2.45) is 0 Å². The van der Waals surface area contributed by atoms with Gasteiger partial charge in [-0.2, -0.15) is 0 Å². The first-order valence-corrected chi connectivity index (χ1v) is 6.93. The van der Waals surface area contributed by atoms with Gasteiger partial charge in [-0.15, -0.1) is 0 Å². The van der Waals surface area contributed by atoms with Gasteiger partial charge in [-0.3, -0.25) is 0 Å². The van der Waals surface area contributed by atoms with E-state index < -0.39 is 15.1 Å². The molecular formula is C11H16FNO2S. The zero-order valence-electron chi connectivity index (χ0n) is 9.57. The van der Waals surface area contributed by atoms with Crippen molar-refractivity contribution in [3.05, 3.63) is 35.6 Å². The summed E-state index contributed by atoms with van der Waals surface area (Å²) in [6.45, 7) is 1.64. The third kappa shape index (κ3) is 3.02. The lowest BCUT2D eigenvalue weighted by atomic mass is 10.0. The average Bonchev–Trinajstić information content (AvgIpc) is 2.20. The van der Waals surface area contributed by atoms with Crippen LogP contribution in [0.3, 0.4) is 0 Å². The minimum absolute atomic E-state index is 0.324. The molecule has 0 bridgehead atoms. The highest BCUT2D eigenvalue weighted by atomic mass is 32.2. The van der Waals surface area contributed by atoms with Crippen molar-refractivity contribution < 1.29 is 12.8 Å². The normalized spacial score (nSPS) is 15.8. The van der Waals surface area contributed by atoms with Gasteiger partial charge in [-0.25, -0.2) is 12.8 Å². The van der Waals surface area contributed by atoms with Gasteiger partial charge in [0.05, 0.1) is 5.25 Å². The maximum absolute atomic E-state index is 12.8. The Hall–Kier alpha value is -0.940. The number of benzene rings is 1. The molecule has 0 aliphatic carbocycles. The number of halogens is 1. The van der Waals surface area contributed by atoms with E-state index in [-0.39, 0.29) is 11.9 Å². The van der Waals surface area contributed by atoms with Crippen molar-refractivity contribution in [2.45, 2.75) is 18.2 Å². The zero-order valence-corrected chi connectivity index (χ0v) is 10.4. The molecule has 2 atom stereocenters. The van der Waals surface area contributed by atoms with E-state index in [4.69, 9.17) is 0 Å². The lowest BCUT2D eigenvalue weighted by Crippen LogP contribution is -2.32. The first-order valence-electron chi connectivity index (χ1n) is 4.98. The van der Waals surface area contributed by atoms with Crippen molar-refractivity contribution in [3.8, 4) is 0 Å². The van der Waals surface area contributed by atoms with E-state index in [0.29, 0.717) is 0 Å². The molecule has 1 N–H and O–H groups in total. The second-order valence-electron chi connectivity index (χ2n) is 3.85. The molecule has 0 saturated heterocycles. The van der Waals surface area contributed by atoms with E-state index in [2.05, 4.69) is 5.32 Å². The molecule has 1 rings (SSSR count). The summed E-state index contributed by atoms with van der Waals surface area (Å²) >= 11 is 0. The van der Waals surface area contributed by atoms with Crippen LogP contribution in [0.2, 0.25) is 0 Å². The molecule has 0 radical (unpaired) electrons. The molecular weight excluding hydrogens is 229 g/mol. The van der Waals surface area contributed by atoms with Gasteiger partial charge in [0.15, 0.2) is 9.84 Å². The fourth-order valence-electron chi connectivity index (χ4n) is 1.59. The van der Waals surface area contributed by atoms with Crippen LogP contribution in [0, 0.1) is 5.82 Å². The molecule has 0 aliphatic rings. The maximum atomic E-state index is 12.8. The quantitative estimate of drug-likeness (QED) is 0.874. The Morgan fingerprint density at radius 1 is 1.25 bits per heavy atom. The highest BCUT2D eigenvalue weighted by molar-refractivity contribution is 7.91. The number of hydrogen-bond donors (Lipinski definition) is 1. The van der Waals surface area contributed by atoms with E-state index in [1.807, 2.05) is 0 Å². The molecule has 1 aromatic carbocycles. The smallest absolute Gasteiger partial charge is 0.151 e. The van der Waals surface area contributed by atoms with Crippen molar-refractivity contribution in [2.75, 3.05) is 13.3 Å². The van der Waals surface area contributed by atoms with Crippen LogP contribution < -0.4 is 5.32 Å². The summed E-state index contributed by atoms with van der Waals surface area (Å²) in [5.74, 6) is -0.328. The first kappa shape index (κ1) is 13.1. The van der Waals surface area contributed by atoms with Gasteiger partial charge in [-0.1, -0.05) is 12.1 Å². The Morgan fingerprint density at radius 2 is 1.75 bits per heavy atom. The van der Waals surface area contributed by atoms with Crippen molar-refractivity contribution in [1.82, 2.24) is 5.32 Å². The summed E-state index contributed by atoms with van der Waals surface area (Å²) in [6.07, 6.45) is 1.20. The summed E-state index contributed by atoms with van der Waals surface area (Å²) in [4.78, 5) is 0. The maximum Gasteiger partial charge on any atom is 0.151 e. The summed E-state index contributed by atoms with van der Waals surface area (Å²) in [5.41, 5.74) is 0.766. The van der Waals surface area contributed by atoms with E-state index in [1.54, 1.807) is 26.1 Å². The molecule has 1 aromatic rings. The van der Waals surface area contributed by atoms with Crippen LogP contribution in [0.25, 0.3) is 0 Å². The molecule has 0 aromatic heterocycles. The van der Waals surface area contributed by atoms with Crippen LogP contribution in [-0.4, -0.2) is 27.0 Å². The molecule has 0 amide bonds. The molecule has 0 fully saturated rings. The highest BCUT2D eigenvalue weighted by Gasteiger charge is 2.25. The molecule has 3 nitrogen and oxygen atoms in total. The standard InChI is InChI=1S/C11H16FNO2S/c1-8(16(3,14)15)11(13-2)9-4-6-10(12)7-5-9/h4-8,11,13H,1-3H3. The van der Waals surface area contributed by atoms with Gasteiger partial charge in [0.2, 0.25) is 0 Å². The Kier molecular flexibility index (Phi) is 4.04. The predicted octanol–water partition coefficient (Wildman–Crippen LogP) is 1.52. The van der Waals surface area contributed by atoms with Crippen molar-refractivity contribution in [1.29, 1.82) is 0 Å². The predicted molar refractivity (Wildman–Crippen MR) is 62.5 cm³/mol. The molecule has 16 heavy (non-hydrogen) atoms. The molecule has 0 spiro atoms. The van der Waals surface area contributed by atoms with Crippen LogP contribution in [0.5, 0.6) is 0 Å². The Bertz CT molecular complexity index is 442. The Morgan fingerprint density at radius 3 is 2.12 bits per heavy atom. The Labute approximate surface area is 95.6 Å². The zero-order chi connectivity index (χ0) is 12.3. The second kappa shape index (κ2) is 4.93. The lowest BCUT2D eigenvalue weighted by molar-refractivity contribution is 0.534. The third-order valence-electron chi connectivity index (χ3n) is 2.68. The monoisotopic (exact) mass is 245 g/mol. The highest BCUT2D eigenvalue weighted by Crippen LogP contribution is 2.21. The fourth-order valence-corrected chi connectivity index (χ4v) is 2.38. The Balaban J connectivity index is 3.03. The molecule has 0 aliphatic heterocycles. The van der Waals surface area contributed by atoms with Crippen molar-refractivity contribution >= 4 is 9.84 Å². The number of sulfone groups is 1. The van der Waals surface area contributed by atoms with E-state index >= 15 is 0 Å². The molecule has 0 saturated carbocycles. The molecule has 0 heterocycles. The van der Waals surface area contributed by atoms with Gasteiger partial charge in [0.1, 0.15) is 5.82 Å². The summed E-state index contributed by atoms with van der Waals surface area (Å²) < 4.78 is 35.7. The van der Waals surface area contributed by atoms with Gasteiger partial charge in [0, 0.05) is 12.3 Å².